The highest BCUT2D eigenvalue weighted by Crippen LogP contribution is 2.49. The maximum absolute atomic E-state index is 14.3. The first-order valence-electron chi connectivity index (χ1n) is 8.89. The Kier molecular flexibility index (Phi) is 4.23. The molecule has 1 aromatic carbocycles. The van der Waals surface area contributed by atoms with Crippen molar-refractivity contribution >= 4 is 5.91 Å². The predicted octanol–water partition coefficient (Wildman–Crippen LogP) is 3.12. The molecule has 4 rings (SSSR count). The molecule has 1 aliphatic heterocycles. The third-order valence-corrected chi connectivity index (χ3v) is 5.81. The van der Waals surface area contributed by atoms with Crippen LogP contribution in [0.25, 0.3) is 0 Å². The molecule has 1 unspecified atom stereocenters. The molecular weight excluding hydrogens is 338 g/mol. The minimum absolute atomic E-state index is 0.0311. The molecule has 1 saturated carbocycles. The van der Waals surface area contributed by atoms with Gasteiger partial charge in [0.05, 0.1) is 5.56 Å². The lowest BCUT2D eigenvalue weighted by Crippen LogP contribution is -2.59. The van der Waals surface area contributed by atoms with Crippen molar-refractivity contribution in [3.05, 3.63) is 65.5 Å². The highest BCUT2D eigenvalue weighted by molar-refractivity contribution is 5.94. The minimum atomic E-state index is -1.34. The van der Waals surface area contributed by atoms with Crippen molar-refractivity contribution < 1.29 is 18.7 Å². The Morgan fingerprint density at radius 3 is 2.46 bits per heavy atom. The second-order valence-corrected chi connectivity index (χ2v) is 7.18. The van der Waals surface area contributed by atoms with Crippen LogP contribution in [-0.2, 0) is 5.60 Å². The number of fused-ring (bicyclic) bond motifs is 2. The van der Waals surface area contributed by atoms with Crippen LogP contribution in [-0.4, -0.2) is 34.0 Å². The molecule has 0 radical (unpaired) electrons. The molecule has 2 heterocycles. The van der Waals surface area contributed by atoms with Crippen LogP contribution in [0.3, 0.4) is 0 Å². The van der Waals surface area contributed by atoms with E-state index in [0.29, 0.717) is 12.8 Å². The molecular formula is C20H20F2N2O2. The van der Waals surface area contributed by atoms with Crippen molar-refractivity contribution in [2.45, 2.75) is 24.9 Å². The van der Waals surface area contributed by atoms with Gasteiger partial charge < -0.3 is 10.0 Å². The minimum Gasteiger partial charge on any atom is -0.384 e. The Morgan fingerprint density at radius 1 is 1.12 bits per heavy atom. The van der Waals surface area contributed by atoms with Crippen molar-refractivity contribution in [3.8, 4) is 0 Å². The van der Waals surface area contributed by atoms with E-state index >= 15 is 0 Å². The molecule has 1 aliphatic carbocycles. The third-order valence-electron chi connectivity index (χ3n) is 5.81. The highest BCUT2D eigenvalue weighted by Gasteiger charge is 2.53. The first kappa shape index (κ1) is 17.1. The van der Waals surface area contributed by atoms with Crippen molar-refractivity contribution in [1.29, 1.82) is 0 Å². The molecule has 136 valence electrons. The summed E-state index contributed by atoms with van der Waals surface area (Å²) in [7, 11) is 0. The summed E-state index contributed by atoms with van der Waals surface area (Å²) in [6.45, 7) is 0.545. The van der Waals surface area contributed by atoms with Gasteiger partial charge in [0.2, 0.25) is 5.95 Å². The van der Waals surface area contributed by atoms with E-state index in [1.165, 1.54) is 18.3 Å². The standard InChI is InChI=1S/C20H20F2N2O2/c21-17-9-2-1-7-15(17)19(25)24-11-13-5-3-6-14(12-24)20(13,26)16-8-4-10-23-18(16)22/h1-2,4,7-10,13-14,26H,3,5-6,11-12H2/t13-,14+,20?. The summed E-state index contributed by atoms with van der Waals surface area (Å²) >= 11 is 0. The molecule has 0 spiro atoms. The van der Waals surface area contributed by atoms with Crippen LogP contribution in [0.1, 0.15) is 35.2 Å². The first-order valence-corrected chi connectivity index (χ1v) is 8.89. The van der Waals surface area contributed by atoms with Crippen molar-refractivity contribution in [1.82, 2.24) is 9.88 Å². The summed E-state index contributed by atoms with van der Waals surface area (Å²) < 4.78 is 28.3. The van der Waals surface area contributed by atoms with Gasteiger partial charge in [-0.2, -0.15) is 4.39 Å². The zero-order chi connectivity index (χ0) is 18.3. The molecule has 2 aromatic rings. The number of hydrogen-bond donors (Lipinski definition) is 1. The maximum atomic E-state index is 14.3. The summed E-state index contributed by atoms with van der Waals surface area (Å²) in [5.74, 6) is -2.20. The number of aliphatic hydroxyl groups is 1. The fourth-order valence-corrected chi connectivity index (χ4v) is 4.55. The average molecular weight is 358 g/mol. The first-order chi connectivity index (χ1) is 12.5. The number of amides is 1. The van der Waals surface area contributed by atoms with Crippen molar-refractivity contribution in [3.63, 3.8) is 0 Å². The van der Waals surface area contributed by atoms with Crippen LogP contribution in [0, 0.1) is 23.6 Å². The van der Waals surface area contributed by atoms with Gasteiger partial charge in [-0.3, -0.25) is 4.79 Å². The van der Waals surface area contributed by atoms with Gasteiger partial charge in [0.25, 0.3) is 5.91 Å². The number of likely N-dealkylation sites (tertiary alicyclic amines) is 1. The molecule has 1 aromatic heterocycles. The lowest BCUT2D eigenvalue weighted by Gasteiger charge is -2.53. The molecule has 2 aliphatic rings. The number of pyridine rings is 1. The zero-order valence-corrected chi connectivity index (χ0v) is 14.2. The molecule has 1 amide bonds. The number of benzene rings is 1. The molecule has 4 nitrogen and oxygen atoms in total. The average Bonchev–Trinajstić information content (AvgIpc) is 2.61. The van der Waals surface area contributed by atoms with Crippen LogP contribution in [0.15, 0.2) is 42.6 Å². The molecule has 2 bridgehead atoms. The lowest BCUT2D eigenvalue weighted by molar-refractivity contribution is -0.141. The summed E-state index contributed by atoms with van der Waals surface area (Å²) in [6.07, 6.45) is 3.64. The Bertz CT molecular complexity index is 828. The van der Waals surface area contributed by atoms with Crippen LogP contribution in [0.2, 0.25) is 0 Å². The van der Waals surface area contributed by atoms with E-state index in [4.69, 9.17) is 0 Å². The number of rotatable bonds is 2. The van der Waals surface area contributed by atoms with E-state index in [-0.39, 0.29) is 42.0 Å². The number of halogens is 2. The lowest BCUT2D eigenvalue weighted by atomic mass is 9.62. The zero-order valence-electron chi connectivity index (χ0n) is 14.2. The van der Waals surface area contributed by atoms with Gasteiger partial charge >= 0.3 is 0 Å². The second kappa shape index (κ2) is 6.43. The number of nitrogens with zero attached hydrogens (tertiary/aromatic N) is 2. The number of piperidine rings is 1. The normalized spacial score (nSPS) is 28.0. The number of carbonyl (C=O) groups excluding carboxylic acids is 1. The van der Waals surface area contributed by atoms with E-state index in [1.54, 1.807) is 29.2 Å². The molecule has 6 heteroatoms. The van der Waals surface area contributed by atoms with Crippen molar-refractivity contribution in [2.24, 2.45) is 11.8 Å². The monoisotopic (exact) mass is 358 g/mol. The van der Waals surface area contributed by atoms with Gasteiger partial charge in [-0.25, -0.2) is 9.37 Å². The SMILES string of the molecule is O=C(c1ccccc1F)N1C[C@H]2CCC[C@@H](C1)C2(O)c1cccnc1F. The summed E-state index contributed by atoms with van der Waals surface area (Å²) in [6, 6.07) is 9.09. The number of hydrogen-bond acceptors (Lipinski definition) is 3. The Morgan fingerprint density at radius 2 is 1.81 bits per heavy atom. The van der Waals surface area contributed by atoms with Gasteiger partial charge in [-0.05, 0) is 31.0 Å². The van der Waals surface area contributed by atoms with Gasteiger partial charge in [-0.1, -0.05) is 24.6 Å². The number of carbonyl (C=O) groups is 1. The second-order valence-electron chi connectivity index (χ2n) is 7.18. The molecule has 26 heavy (non-hydrogen) atoms. The third kappa shape index (κ3) is 2.60. The topological polar surface area (TPSA) is 53.4 Å². The van der Waals surface area contributed by atoms with E-state index in [9.17, 15) is 18.7 Å². The molecule has 2 fully saturated rings. The molecule has 1 N–H and O–H groups in total. The van der Waals surface area contributed by atoms with E-state index < -0.39 is 17.4 Å². The largest absolute Gasteiger partial charge is 0.384 e. The van der Waals surface area contributed by atoms with Gasteiger partial charge in [-0.15, -0.1) is 0 Å². The maximum Gasteiger partial charge on any atom is 0.256 e. The van der Waals surface area contributed by atoms with Crippen LogP contribution >= 0.6 is 0 Å². The summed E-state index contributed by atoms with van der Waals surface area (Å²) in [5.41, 5.74) is -1.11. The summed E-state index contributed by atoms with van der Waals surface area (Å²) in [5, 5.41) is 11.4. The smallest absolute Gasteiger partial charge is 0.256 e. The quantitative estimate of drug-likeness (QED) is 0.840. The molecule has 1 saturated heterocycles. The Labute approximate surface area is 150 Å². The van der Waals surface area contributed by atoms with E-state index in [0.717, 1.165) is 6.42 Å². The fraction of sp³-hybridized carbons (Fsp3) is 0.400. The van der Waals surface area contributed by atoms with Gasteiger partial charge in [0.1, 0.15) is 11.4 Å². The van der Waals surface area contributed by atoms with Crippen molar-refractivity contribution in [2.75, 3.05) is 13.1 Å². The predicted molar refractivity (Wildman–Crippen MR) is 91.2 cm³/mol. The van der Waals surface area contributed by atoms with Crippen LogP contribution in [0.4, 0.5) is 8.78 Å². The van der Waals surface area contributed by atoms with E-state index in [1.807, 2.05) is 0 Å². The van der Waals surface area contributed by atoms with Crippen LogP contribution in [0.5, 0.6) is 0 Å². The Balaban J connectivity index is 1.66. The Hall–Kier alpha value is -2.34. The highest BCUT2D eigenvalue weighted by atomic mass is 19.1. The van der Waals surface area contributed by atoms with Crippen LogP contribution < -0.4 is 0 Å². The van der Waals surface area contributed by atoms with E-state index in [2.05, 4.69) is 4.98 Å². The molecule has 3 atom stereocenters. The summed E-state index contributed by atoms with van der Waals surface area (Å²) in [4.78, 5) is 18.1. The fourth-order valence-electron chi connectivity index (χ4n) is 4.55. The van der Waals surface area contributed by atoms with Gasteiger partial charge in [0, 0.05) is 36.7 Å². The van der Waals surface area contributed by atoms with Gasteiger partial charge in [0.15, 0.2) is 0 Å². The number of aromatic nitrogens is 1.